The first-order valence-corrected chi connectivity index (χ1v) is 6.60. The number of hydrogen-bond acceptors (Lipinski definition) is 3. The molecule has 0 bridgehead atoms. The molecule has 0 saturated carbocycles. The molecule has 1 aromatic heterocycles. The van der Waals surface area contributed by atoms with E-state index >= 15 is 0 Å². The van der Waals surface area contributed by atoms with Crippen LogP contribution in [0.25, 0.3) is 11.0 Å². The molecule has 0 amide bonds. The lowest BCUT2D eigenvalue weighted by atomic mass is 10.2. The number of para-hydroxylation sites is 1. The highest BCUT2D eigenvalue weighted by Crippen LogP contribution is 2.26. The first-order valence-electron chi connectivity index (χ1n) is 6.22. The predicted octanol–water partition coefficient (Wildman–Crippen LogP) is 3.33. The highest BCUT2D eigenvalue weighted by Gasteiger charge is 2.10. The molecule has 2 aromatic carbocycles. The van der Waals surface area contributed by atoms with E-state index in [-0.39, 0.29) is 0 Å². The molecule has 0 aliphatic heterocycles. The number of imidazole rings is 1. The van der Waals surface area contributed by atoms with Crippen LogP contribution < -0.4 is 10.5 Å². The Morgan fingerprint density at radius 2 is 1.95 bits per heavy atom. The topological polar surface area (TPSA) is 53.1 Å². The number of hydrogen-bond donors (Lipinski definition) is 1. The number of nitrogens with two attached hydrogens (primary N) is 1. The summed E-state index contributed by atoms with van der Waals surface area (Å²) < 4.78 is 7.10. The molecule has 20 heavy (non-hydrogen) atoms. The normalized spacial score (nSPS) is 10.9. The number of fused-ring (bicyclic) bond motifs is 1. The third-order valence-corrected chi connectivity index (χ3v) is 3.56. The van der Waals surface area contributed by atoms with Crippen LogP contribution in [0.15, 0.2) is 42.5 Å². The second-order valence-electron chi connectivity index (χ2n) is 4.51. The van der Waals surface area contributed by atoms with Crippen molar-refractivity contribution in [1.82, 2.24) is 9.55 Å². The molecule has 4 nitrogen and oxygen atoms in total. The molecule has 5 heteroatoms. The minimum atomic E-state index is 0.462. The summed E-state index contributed by atoms with van der Waals surface area (Å²) in [5, 5.41) is 0.614. The number of nitrogen functional groups attached to an aromatic ring is 1. The summed E-state index contributed by atoms with van der Waals surface area (Å²) in [6.45, 7) is 0.646. The molecule has 2 N–H and O–H groups in total. The van der Waals surface area contributed by atoms with Crippen molar-refractivity contribution in [3.05, 3.63) is 53.1 Å². The summed E-state index contributed by atoms with van der Waals surface area (Å²) in [6.07, 6.45) is 0. The van der Waals surface area contributed by atoms with Crippen molar-refractivity contribution >= 4 is 28.6 Å². The third kappa shape index (κ3) is 2.18. The lowest BCUT2D eigenvalue weighted by Gasteiger charge is -2.07. The van der Waals surface area contributed by atoms with Crippen LogP contribution in [0.4, 0.5) is 5.95 Å². The van der Waals surface area contributed by atoms with E-state index in [1.807, 2.05) is 47.0 Å². The molecule has 0 fully saturated rings. The molecule has 0 aliphatic carbocycles. The van der Waals surface area contributed by atoms with E-state index in [0.29, 0.717) is 17.5 Å². The van der Waals surface area contributed by atoms with Crippen molar-refractivity contribution in [3.63, 3.8) is 0 Å². The fourth-order valence-corrected chi connectivity index (χ4v) is 2.42. The maximum atomic E-state index is 6.14. The summed E-state index contributed by atoms with van der Waals surface area (Å²) >= 11 is 6.14. The van der Waals surface area contributed by atoms with Gasteiger partial charge in [-0.15, -0.1) is 0 Å². The van der Waals surface area contributed by atoms with E-state index in [0.717, 1.165) is 22.3 Å². The number of methoxy groups -OCH3 is 1. The van der Waals surface area contributed by atoms with E-state index in [1.54, 1.807) is 7.11 Å². The van der Waals surface area contributed by atoms with Crippen molar-refractivity contribution < 1.29 is 4.74 Å². The van der Waals surface area contributed by atoms with Crippen LogP contribution in [0.5, 0.6) is 5.75 Å². The first kappa shape index (κ1) is 12.8. The Kier molecular flexibility index (Phi) is 3.24. The molecule has 3 aromatic rings. The highest BCUT2D eigenvalue weighted by atomic mass is 35.5. The summed E-state index contributed by atoms with van der Waals surface area (Å²) in [7, 11) is 1.65. The molecule has 1 heterocycles. The standard InChI is InChI=1S/C15H14ClN3O/c1-20-11-7-5-10(6-8-11)9-19-13-4-2-3-12(16)14(13)18-15(19)17/h2-8H,9H2,1H3,(H2,17,18). The van der Waals surface area contributed by atoms with E-state index < -0.39 is 0 Å². The largest absolute Gasteiger partial charge is 0.497 e. The van der Waals surface area contributed by atoms with Crippen molar-refractivity contribution in [2.75, 3.05) is 12.8 Å². The molecule has 0 atom stereocenters. The number of benzene rings is 2. The molecule has 0 spiro atoms. The molecule has 0 saturated heterocycles. The second kappa shape index (κ2) is 5.06. The van der Waals surface area contributed by atoms with Crippen LogP contribution in [0.1, 0.15) is 5.56 Å². The van der Waals surface area contributed by atoms with Crippen molar-refractivity contribution in [2.45, 2.75) is 6.54 Å². The van der Waals surface area contributed by atoms with Gasteiger partial charge in [-0.3, -0.25) is 0 Å². The van der Waals surface area contributed by atoms with Gasteiger partial charge in [0.1, 0.15) is 11.3 Å². The number of halogens is 1. The Labute approximate surface area is 121 Å². The maximum Gasteiger partial charge on any atom is 0.201 e. The van der Waals surface area contributed by atoms with Crippen LogP contribution >= 0.6 is 11.6 Å². The van der Waals surface area contributed by atoms with Crippen LogP contribution in [-0.2, 0) is 6.54 Å². The lowest BCUT2D eigenvalue weighted by molar-refractivity contribution is 0.414. The van der Waals surface area contributed by atoms with Gasteiger partial charge in [0.2, 0.25) is 5.95 Å². The van der Waals surface area contributed by atoms with Crippen LogP contribution in [0, 0.1) is 0 Å². The molecule has 102 valence electrons. The molecule has 0 radical (unpaired) electrons. The zero-order chi connectivity index (χ0) is 14.1. The number of anilines is 1. The van der Waals surface area contributed by atoms with E-state index in [2.05, 4.69) is 4.98 Å². The number of ether oxygens (including phenoxy) is 1. The van der Waals surface area contributed by atoms with Crippen molar-refractivity contribution in [2.24, 2.45) is 0 Å². The molecular weight excluding hydrogens is 274 g/mol. The van der Waals surface area contributed by atoms with Crippen molar-refractivity contribution in [3.8, 4) is 5.75 Å². The minimum absolute atomic E-state index is 0.462. The Morgan fingerprint density at radius 1 is 1.20 bits per heavy atom. The molecule has 3 rings (SSSR count). The van der Waals surface area contributed by atoms with Gasteiger partial charge in [-0.05, 0) is 29.8 Å². The average molecular weight is 288 g/mol. The Bertz CT molecular complexity index is 750. The zero-order valence-corrected chi connectivity index (χ0v) is 11.8. The van der Waals surface area contributed by atoms with Gasteiger partial charge in [0.25, 0.3) is 0 Å². The minimum Gasteiger partial charge on any atom is -0.497 e. The van der Waals surface area contributed by atoms with Gasteiger partial charge in [0, 0.05) is 0 Å². The van der Waals surface area contributed by atoms with Gasteiger partial charge < -0.3 is 15.0 Å². The Hall–Kier alpha value is -2.20. The van der Waals surface area contributed by atoms with E-state index in [9.17, 15) is 0 Å². The fraction of sp³-hybridized carbons (Fsp3) is 0.133. The van der Waals surface area contributed by atoms with Gasteiger partial charge in [-0.25, -0.2) is 4.98 Å². The SMILES string of the molecule is COc1ccc(Cn2c(N)nc3c(Cl)cccc32)cc1. The van der Waals surface area contributed by atoms with Crippen LogP contribution in [-0.4, -0.2) is 16.7 Å². The number of nitrogens with zero attached hydrogens (tertiary/aromatic N) is 2. The smallest absolute Gasteiger partial charge is 0.201 e. The summed E-state index contributed by atoms with van der Waals surface area (Å²) in [6, 6.07) is 13.6. The summed E-state index contributed by atoms with van der Waals surface area (Å²) in [5.41, 5.74) is 8.79. The van der Waals surface area contributed by atoms with Gasteiger partial charge in [0.05, 0.1) is 24.2 Å². The third-order valence-electron chi connectivity index (χ3n) is 3.26. The zero-order valence-electron chi connectivity index (χ0n) is 11.0. The Balaban J connectivity index is 2.01. The fourth-order valence-electron chi connectivity index (χ4n) is 2.21. The lowest BCUT2D eigenvalue weighted by Crippen LogP contribution is -2.04. The maximum absolute atomic E-state index is 6.14. The van der Waals surface area contributed by atoms with Crippen molar-refractivity contribution in [1.29, 1.82) is 0 Å². The summed E-state index contributed by atoms with van der Waals surface area (Å²) in [4.78, 5) is 4.33. The Morgan fingerprint density at radius 3 is 2.65 bits per heavy atom. The van der Waals surface area contributed by atoms with Gasteiger partial charge >= 0.3 is 0 Å². The van der Waals surface area contributed by atoms with Gasteiger partial charge in [-0.1, -0.05) is 29.8 Å². The first-order chi connectivity index (χ1) is 9.69. The molecule has 0 unspecified atom stereocenters. The predicted molar refractivity (Wildman–Crippen MR) is 81.3 cm³/mol. The average Bonchev–Trinajstić information content (AvgIpc) is 2.78. The molecule has 0 aliphatic rings. The van der Waals surface area contributed by atoms with Crippen LogP contribution in [0.3, 0.4) is 0 Å². The van der Waals surface area contributed by atoms with E-state index in [1.165, 1.54) is 0 Å². The monoisotopic (exact) mass is 287 g/mol. The molecular formula is C15H14ClN3O. The quantitative estimate of drug-likeness (QED) is 0.804. The second-order valence-corrected chi connectivity index (χ2v) is 4.92. The van der Waals surface area contributed by atoms with E-state index in [4.69, 9.17) is 22.1 Å². The number of rotatable bonds is 3. The van der Waals surface area contributed by atoms with Gasteiger partial charge in [0.15, 0.2) is 0 Å². The number of aromatic nitrogens is 2. The highest BCUT2D eigenvalue weighted by molar-refractivity contribution is 6.35. The summed E-state index contributed by atoms with van der Waals surface area (Å²) in [5.74, 6) is 1.30. The van der Waals surface area contributed by atoms with Gasteiger partial charge in [-0.2, -0.15) is 0 Å². The van der Waals surface area contributed by atoms with Crippen LogP contribution in [0.2, 0.25) is 5.02 Å².